The molecule has 1 aromatic rings. The monoisotopic (exact) mass is 321 g/mol. The van der Waals surface area contributed by atoms with Crippen LogP contribution in [0.3, 0.4) is 0 Å². The minimum atomic E-state index is -0.137. The lowest BCUT2D eigenvalue weighted by molar-refractivity contribution is -0.125. The Kier molecular flexibility index (Phi) is 4.86. The van der Waals surface area contributed by atoms with Crippen LogP contribution in [-0.2, 0) is 11.3 Å². The third kappa shape index (κ3) is 3.37. The smallest absolute Gasteiger partial charge is 0.257 e. The molecule has 120 valence electrons. The zero-order valence-corrected chi connectivity index (χ0v) is 13.8. The number of hydrogen-bond acceptors (Lipinski definition) is 4. The van der Waals surface area contributed by atoms with Gasteiger partial charge in [0.25, 0.3) is 5.56 Å². The number of aromatic nitrogens is 2. The summed E-state index contributed by atoms with van der Waals surface area (Å²) in [5.41, 5.74) is 0.610. The molecular formula is C16H23N3O2S. The zero-order valence-electron chi connectivity index (χ0n) is 13.0. The predicted molar refractivity (Wildman–Crippen MR) is 87.1 cm³/mol. The average molecular weight is 321 g/mol. The van der Waals surface area contributed by atoms with Crippen LogP contribution in [0.2, 0.25) is 0 Å². The lowest BCUT2D eigenvalue weighted by atomic mass is 10.1. The molecule has 3 rings (SSSR count). The Morgan fingerprint density at radius 1 is 1.32 bits per heavy atom. The molecule has 0 aromatic carbocycles. The van der Waals surface area contributed by atoms with Gasteiger partial charge >= 0.3 is 0 Å². The summed E-state index contributed by atoms with van der Waals surface area (Å²) in [6.45, 7) is 2.22. The Bertz CT molecular complexity index is 606. The van der Waals surface area contributed by atoms with E-state index in [1.165, 1.54) is 37.4 Å². The van der Waals surface area contributed by atoms with Gasteiger partial charge in [-0.15, -0.1) is 0 Å². The molecular weight excluding hydrogens is 298 g/mol. The summed E-state index contributed by atoms with van der Waals surface area (Å²) in [5.74, 6) is 0.661. The normalized spacial score (nSPS) is 22.7. The lowest BCUT2D eigenvalue weighted by Gasteiger charge is -2.26. The molecule has 22 heavy (non-hydrogen) atoms. The molecule has 1 unspecified atom stereocenters. The van der Waals surface area contributed by atoms with E-state index in [2.05, 4.69) is 10.3 Å². The van der Waals surface area contributed by atoms with Crippen molar-refractivity contribution in [2.45, 2.75) is 63.2 Å². The van der Waals surface area contributed by atoms with E-state index in [0.29, 0.717) is 23.9 Å². The van der Waals surface area contributed by atoms with Crippen molar-refractivity contribution >= 4 is 17.7 Å². The molecule has 1 fully saturated rings. The molecule has 2 heterocycles. The first-order valence-electron chi connectivity index (χ1n) is 8.15. The molecule has 1 aliphatic carbocycles. The number of carbonyl (C=O) groups is 1. The molecule has 1 saturated carbocycles. The number of nitrogens with one attached hydrogen (secondary N) is 1. The van der Waals surface area contributed by atoms with Crippen LogP contribution >= 0.6 is 11.8 Å². The van der Waals surface area contributed by atoms with Gasteiger partial charge in [0.05, 0.1) is 5.92 Å². The quantitative estimate of drug-likeness (QED) is 0.669. The van der Waals surface area contributed by atoms with E-state index in [1.807, 2.05) is 0 Å². The Labute approximate surface area is 134 Å². The van der Waals surface area contributed by atoms with Gasteiger partial charge in [0, 0.05) is 30.1 Å². The van der Waals surface area contributed by atoms with Gasteiger partial charge < -0.3 is 5.32 Å². The van der Waals surface area contributed by atoms with E-state index >= 15 is 0 Å². The Morgan fingerprint density at radius 2 is 2.05 bits per heavy atom. The molecule has 1 amide bonds. The fourth-order valence-corrected chi connectivity index (χ4v) is 4.25. The molecule has 5 nitrogen and oxygen atoms in total. The van der Waals surface area contributed by atoms with Gasteiger partial charge in [0.2, 0.25) is 5.91 Å². The van der Waals surface area contributed by atoms with E-state index in [4.69, 9.17) is 0 Å². The maximum absolute atomic E-state index is 12.5. The van der Waals surface area contributed by atoms with Crippen molar-refractivity contribution in [1.82, 2.24) is 14.9 Å². The van der Waals surface area contributed by atoms with Crippen LogP contribution in [0.4, 0.5) is 0 Å². The molecule has 0 radical (unpaired) electrons. The van der Waals surface area contributed by atoms with E-state index < -0.39 is 0 Å². The summed E-state index contributed by atoms with van der Waals surface area (Å²) in [7, 11) is 0. The van der Waals surface area contributed by atoms with E-state index in [0.717, 1.165) is 18.0 Å². The highest BCUT2D eigenvalue weighted by Gasteiger charge is 2.28. The first-order chi connectivity index (χ1) is 10.6. The highest BCUT2D eigenvalue weighted by molar-refractivity contribution is 7.99. The molecule has 1 N–H and O–H groups in total. The van der Waals surface area contributed by atoms with Gasteiger partial charge in [0.15, 0.2) is 5.16 Å². The van der Waals surface area contributed by atoms with Crippen LogP contribution in [-0.4, -0.2) is 27.3 Å². The van der Waals surface area contributed by atoms with Crippen molar-refractivity contribution in [1.29, 1.82) is 0 Å². The first-order valence-corrected chi connectivity index (χ1v) is 9.13. The maximum Gasteiger partial charge on any atom is 0.257 e. The predicted octanol–water partition coefficient (Wildman–Crippen LogP) is 2.11. The third-order valence-electron chi connectivity index (χ3n) is 4.57. The number of rotatable bonds is 2. The van der Waals surface area contributed by atoms with E-state index in [9.17, 15) is 9.59 Å². The number of nitrogens with zero attached hydrogens (tertiary/aromatic N) is 2. The number of carbonyl (C=O) groups excluding carboxylic acids is 1. The Morgan fingerprint density at radius 3 is 2.77 bits per heavy atom. The Balaban J connectivity index is 1.67. The molecule has 1 aliphatic heterocycles. The van der Waals surface area contributed by atoms with Gasteiger partial charge in [-0.25, -0.2) is 4.98 Å². The van der Waals surface area contributed by atoms with Crippen molar-refractivity contribution in [3.05, 3.63) is 22.1 Å². The summed E-state index contributed by atoms with van der Waals surface area (Å²) >= 11 is 1.51. The minimum absolute atomic E-state index is 0.0236. The van der Waals surface area contributed by atoms with Crippen molar-refractivity contribution < 1.29 is 4.79 Å². The van der Waals surface area contributed by atoms with Crippen LogP contribution in [0.15, 0.2) is 16.1 Å². The fraction of sp³-hybridized carbons (Fsp3) is 0.688. The van der Waals surface area contributed by atoms with Crippen LogP contribution < -0.4 is 10.9 Å². The first kappa shape index (κ1) is 15.6. The highest BCUT2D eigenvalue weighted by atomic mass is 32.2. The second-order valence-corrected chi connectivity index (χ2v) is 7.33. The highest BCUT2D eigenvalue weighted by Crippen LogP contribution is 2.25. The molecule has 2 aliphatic rings. The van der Waals surface area contributed by atoms with Crippen LogP contribution in [0, 0.1) is 12.8 Å². The van der Waals surface area contributed by atoms with Crippen molar-refractivity contribution in [3.63, 3.8) is 0 Å². The number of aryl methyl sites for hydroxylation is 1. The van der Waals surface area contributed by atoms with Crippen LogP contribution in [0.1, 0.15) is 44.1 Å². The molecule has 0 spiro atoms. The largest absolute Gasteiger partial charge is 0.353 e. The van der Waals surface area contributed by atoms with E-state index in [1.54, 1.807) is 17.7 Å². The minimum Gasteiger partial charge on any atom is -0.353 e. The van der Waals surface area contributed by atoms with Gasteiger partial charge in [-0.2, -0.15) is 0 Å². The molecule has 1 aromatic heterocycles. The summed E-state index contributed by atoms with van der Waals surface area (Å²) in [6.07, 6.45) is 8.75. The van der Waals surface area contributed by atoms with Crippen molar-refractivity contribution in [2.24, 2.45) is 5.92 Å². The number of hydrogen-bond donors (Lipinski definition) is 1. The average Bonchev–Trinajstić information content (AvgIpc) is 2.79. The van der Waals surface area contributed by atoms with Gasteiger partial charge in [-0.05, 0) is 19.8 Å². The topological polar surface area (TPSA) is 64.0 Å². The number of thioether (sulfide) groups is 1. The molecule has 6 heteroatoms. The third-order valence-corrected chi connectivity index (χ3v) is 5.72. The summed E-state index contributed by atoms with van der Waals surface area (Å²) in [4.78, 5) is 29.0. The fourth-order valence-electron chi connectivity index (χ4n) is 3.20. The summed E-state index contributed by atoms with van der Waals surface area (Å²) < 4.78 is 1.65. The molecule has 0 bridgehead atoms. The van der Waals surface area contributed by atoms with Crippen LogP contribution in [0.5, 0.6) is 0 Å². The number of fused-ring (bicyclic) bond motifs is 1. The van der Waals surface area contributed by atoms with Crippen molar-refractivity contribution in [2.75, 3.05) is 5.75 Å². The molecule has 0 saturated heterocycles. The van der Waals surface area contributed by atoms with E-state index in [-0.39, 0.29) is 17.4 Å². The molecule has 1 atom stereocenters. The van der Waals surface area contributed by atoms with Gasteiger partial charge in [-0.3, -0.25) is 14.2 Å². The standard InChI is InChI=1S/C16H23N3O2S/c1-11-8-17-16-19(15(11)21)9-12(10-22-16)14(20)18-13-6-4-2-3-5-7-13/h8,12-13H,2-7,9-10H2,1H3,(H,18,20). The van der Waals surface area contributed by atoms with Crippen molar-refractivity contribution in [3.8, 4) is 0 Å². The van der Waals surface area contributed by atoms with Crippen LogP contribution in [0.25, 0.3) is 0 Å². The summed E-state index contributed by atoms with van der Waals surface area (Å²) in [6, 6.07) is 0.314. The second-order valence-electron chi connectivity index (χ2n) is 6.34. The second kappa shape index (κ2) is 6.86. The summed E-state index contributed by atoms with van der Waals surface area (Å²) in [5, 5.41) is 3.94. The van der Waals surface area contributed by atoms with Gasteiger partial charge in [0.1, 0.15) is 0 Å². The number of amides is 1. The SMILES string of the molecule is Cc1cnc2n(c1=O)CC(C(=O)NC1CCCCCC1)CS2. The zero-order chi connectivity index (χ0) is 15.5. The lowest BCUT2D eigenvalue weighted by Crippen LogP contribution is -2.44. The van der Waals surface area contributed by atoms with Gasteiger partial charge in [-0.1, -0.05) is 37.4 Å². The Hall–Kier alpha value is -1.30. The maximum atomic E-state index is 12.5.